The Hall–Kier alpha value is -1.56. The van der Waals surface area contributed by atoms with E-state index in [4.69, 9.17) is 0 Å². The fourth-order valence-electron chi connectivity index (χ4n) is 1.53. The first-order valence-corrected chi connectivity index (χ1v) is 5.08. The molecule has 6 nitrogen and oxygen atoms in total. The van der Waals surface area contributed by atoms with E-state index in [1.54, 1.807) is 11.9 Å². The zero-order chi connectivity index (χ0) is 12.3. The summed E-state index contributed by atoms with van der Waals surface area (Å²) in [5.74, 6) is -1.74. The lowest BCUT2D eigenvalue weighted by molar-refractivity contribution is -0.125. The molecule has 90 valence electrons. The van der Waals surface area contributed by atoms with Gasteiger partial charge in [-0.2, -0.15) is 0 Å². The second-order valence-corrected chi connectivity index (χ2v) is 4.06. The van der Waals surface area contributed by atoms with Crippen molar-refractivity contribution in [2.75, 3.05) is 34.2 Å². The van der Waals surface area contributed by atoms with Crippen LogP contribution in [0.3, 0.4) is 0 Å². The van der Waals surface area contributed by atoms with Crippen molar-refractivity contribution in [2.24, 2.45) is 0 Å². The Morgan fingerprint density at radius 2 is 1.75 bits per heavy atom. The maximum absolute atomic E-state index is 11.3. The highest BCUT2D eigenvalue weighted by Gasteiger charge is 2.32. The van der Waals surface area contributed by atoms with E-state index in [1.165, 1.54) is 0 Å². The van der Waals surface area contributed by atoms with Crippen molar-refractivity contribution in [3.05, 3.63) is 11.5 Å². The van der Waals surface area contributed by atoms with E-state index in [2.05, 4.69) is 0 Å². The molecule has 2 amide bonds. The van der Waals surface area contributed by atoms with Gasteiger partial charge >= 0.3 is 0 Å². The third-order valence-corrected chi connectivity index (χ3v) is 2.36. The van der Waals surface area contributed by atoms with E-state index >= 15 is 0 Å². The number of amides is 2. The number of imide groups is 1. The lowest BCUT2D eigenvalue weighted by Gasteiger charge is -2.19. The summed E-state index contributed by atoms with van der Waals surface area (Å²) in [6.45, 7) is 1.49. The van der Waals surface area contributed by atoms with Gasteiger partial charge in [-0.05, 0) is 27.1 Å². The van der Waals surface area contributed by atoms with Crippen molar-refractivity contribution >= 4 is 11.8 Å². The van der Waals surface area contributed by atoms with Crippen molar-refractivity contribution in [1.29, 1.82) is 0 Å². The second kappa shape index (κ2) is 4.98. The summed E-state index contributed by atoms with van der Waals surface area (Å²) < 4.78 is 0. The van der Waals surface area contributed by atoms with Gasteiger partial charge in [-0.3, -0.25) is 14.9 Å². The molecule has 0 aromatic carbocycles. The largest absolute Gasteiger partial charge is 0.501 e. The van der Waals surface area contributed by atoms with Crippen LogP contribution < -0.4 is 5.32 Å². The second-order valence-electron chi connectivity index (χ2n) is 4.06. The first-order valence-electron chi connectivity index (χ1n) is 5.08. The molecule has 0 bridgehead atoms. The number of nitrogens with one attached hydrogen (secondary N) is 1. The molecule has 0 aromatic heterocycles. The number of aliphatic hydroxyl groups is 1. The van der Waals surface area contributed by atoms with E-state index < -0.39 is 17.6 Å². The average Bonchev–Trinajstić information content (AvgIpc) is 2.40. The third-order valence-electron chi connectivity index (χ3n) is 2.36. The van der Waals surface area contributed by atoms with Gasteiger partial charge in [-0.25, -0.2) is 0 Å². The summed E-state index contributed by atoms with van der Waals surface area (Å²) in [6.07, 6.45) is 0.849. The molecule has 1 aliphatic heterocycles. The molecule has 0 aliphatic carbocycles. The molecule has 16 heavy (non-hydrogen) atoms. The van der Waals surface area contributed by atoms with Crippen molar-refractivity contribution in [2.45, 2.75) is 6.42 Å². The van der Waals surface area contributed by atoms with Crippen LogP contribution in [0.1, 0.15) is 6.42 Å². The zero-order valence-corrected chi connectivity index (χ0v) is 9.78. The highest BCUT2D eigenvalue weighted by molar-refractivity contribution is 6.17. The molecule has 2 N–H and O–H groups in total. The minimum absolute atomic E-state index is 0.0590. The van der Waals surface area contributed by atoms with Gasteiger partial charge in [0.2, 0.25) is 5.76 Å². The Kier molecular flexibility index (Phi) is 3.89. The lowest BCUT2D eigenvalue weighted by atomic mass is 10.3. The predicted molar refractivity (Wildman–Crippen MR) is 58.6 cm³/mol. The first kappa shape index (κ1) is 12.5. The molecule has 0 saturated heterocycles. The number of carbonyl (C=O) groups is 2. The number of hydrogen-bond acceptors (Lipinski definition) is 5. The molecule has 0 saturated carbocycles. The van der Waals surface area contributed by atoms with Gasteiger partial charge < -0.3 is 14.9 Å². The molecule has 0 aromatic rings. The van der Waals surface area contributed by atoms with Crippen LogP contribution >= 0.6 is 0 Å². The van der Waals surface area contributed by atoms with E-state index in [0.29, 0.717) is 6.54 Å². The maximum Gasteiger partial charge on any atom is 0.295 e. The van der Waals surface area contributed by atoms with Crippen molar-refractivity contribution in [3.8, 4) is 0 Å². The third kappa shape index (κ3) is 2.73. The van der Waals surface area contributed by atoms with Crippen LogP contribution in [0.15, 0.2) is 11.5 Å². The molecule has 1 aliphatic rings. The van der Waals surface area contributed by atoms with Gasteiger partial charge in [0.25, 0.3) is 11.8 Å². The number of likely N-dealkylation sites (N-methyl/N-ethyl adjacent to an activating group) is 1. The van der Waals surface area contributed by atoms with Crippen molar-refractivity contribution in [3.63, 3.8) is 0 Å². The number of nitrogens with zero attached hydrogens (tertiary/aromatic N) is 2. The maximum atomic E-state index is 11.3. The Morgan fingerprint density at radius 1 is 1.12 bits per heavy atom. The topological polar surface area (TPSA) is 72.9 Å². The Bertz CT molecular complexity index is 336. The van der Waals surface area contributed by atoms with Crippen LogP contribution in [-0.2, 0) is 9.59 Å². The fourth-order valence-corrected chi connectivity index (χ4v) is 1.53. The molecule has 0 fully saturated rings. The quantitative estimate of drug-likeness (QED) is 0.607. The van der Waals surface area contributed by atoms with Gasteiger partial charge in [-0.15, -0.1) is 0 Å². The van der Waals surface area contributed by atoms with Gasteiger partial charge in [0.1, 0.15) is 0 Å². The van der Waals surface area contributed by atoms with Crippen LogP contribution in [0.4, 0.5) is 0 Å². The van der Waals surface area contributed by atoms with Crippen LogP contribution in [0.2, 0.25) is 0 Å². The number of hydrogen-bond donors (Lipinski definition) is 2. The highest BCUT2D eigenvalue weighted by Crippen LogP contribution is 2.13. The first-order chi connectivity index (χ1) is 7.43. The molecule has 0 atom stereocenters. The van der Waals surface area contributed by atoms with Gasteiger partial charge in [-0.1, -0.05) is 0 Å². The highest BCUT2D eigenvalue weighted by atomic mass is 16.3. The number of aliphatic hydroxyl groups excluding tert-OH is 1. The average molecular weight is 227 g/mol. The van der Waals surface area contributed by atoms with Crippen molar-refractivity contribution in [1.82, 2.24) is 15.1 Å². The van der Waals surface area contributed by atoms with Crippen LogP contribution in [0.25, 0.3) is 0 Å². The SMILES string of the molecule is CN(C)CCCN(C)C1=C(O)C(=O)NC1=O. The van der Waals surface area contributed by atoms with Crippen molar-refractivity contribution < 1.29 is 14.7 Å². The summed E-state index contributed by atoms with van der Waals surface area (Å²) in [7, 11) is 5.60. The molecule has 6 heteroatoms. The Morgan fingerprint density at radius 3 is 2.19 bits per heavy atom. The summed E-state index contributed by atoms with van der Waals surface area (Å²) in [4.78, 5) is 26.0. The summed E-state index contributed by atoms with van der Waals surface area (Å²) >= 11 is 0. The Labute approximate surface area is 94.5 Å². The normalized spacial score (nSPS) is 16.0. The standard InChI is InChI=1S/C10H17N3O3/c1-12(2)5-4-6-13(3)7-8(14)10(16)11-9(7)15/h4-6H2,1-3H3,(H2,11,14,15,16). The summed E-state index contributed by atoms with van der Waals surface area (Å²) in [6, 6.07) is 0. The summed E-state index contributed by atoms with van der Waals surface area (Å²) in [5, 5.41) is 11.4. The molecule has 1 rings (SSSR count). The predicted octanol–water partition coefficient (Wildman–Crippen LogP) is -0.704. The van der Waals surface area contributed by atoms with E-state index in [9.17, 15) is 14.7 Å². The molecule has 0 spiro atoms. The van der Waals surface area contributed by atoms with Gasteiger partial charge in [0.05, 0.1) is 0 Å². The lowest BCUT2D eigenvalue weighted by Crippen LogP contribution is -2.30. The monoisotopic (exact) mass is 227 g/mol. The molecule has 0 unspecified atom stereocenters. The van der Waals surface area contributed by atoms with Gasteiger partial charge in [0, 0.05) is 13.6 Å². The molecular weight excluding hydrogens is 210 g/mol. The van der Waals surface area contributed by atoms with E-state index in [1.807, 2.05) is 24.3 Å². The van der Waals surface area contributed by atoms with Crippen LogP contribution in [0.5, 0.6) is 0 Å². The van der Waals surface area contributed by atoms with Crippen LogP contribution in [-0.4, -0.2) is 61.0 Å². The van der Waals surface area contributed by atoms with E-state index in [-0.39, 0.29) is 5.70 Å². The Balaban J connectivity index is 2.57. The van der Waals surface area contributed by atoms with E-state index in [0.717, 1.165) is 13.0 Å². The van der Waals surface area contributed by atoms with Gasteiger partial charge in [0.15, 0.2) is 5.70 Å². The summed E-state index contributed by atoms with van der Waals surface area (Å²) in [5.41, 5.74) is 0.0590. The molecular formula is C10H17N3O3. The molecule has 0 radical (unpaired) electrons. The smallest absolute Gasteiger partial charge is 0.295 e. The molecule has 1 heterocycles. The fraction of sp³-hybridized carbons (Fsp3) is 0.600. The number of carbonyl (C=O) groups excluding carboxylic acids is 2. The zero-order valence-electron chi connectivity index (χ0n) is 9.78. The van der Waals surface area contributed by atoms with Crippen LogP contribution in [0, 0.1) is 0 Å². The number of rotatable bonds is 5. The minimum Gasteiger partial charge on any atom is -0.501 e. The minimum atomic E-state index is -0.723.